The highest BCUT2D eigenvalue weighted by atomic mass is 19.1. The van der Waals surface area contributed by atoms with Crippen LogP contribution in [0.5, 0.6) is 5.75 Å². The molecule has 1 rings (SSSR count). The van der Waals surface area contributed by atoms with Crippen molar-refractivity contribution in [2.75, 3.05) is 0 Å². The molecule has 0 aliphatic heterocycles. The van der Waals surface area contributed by atoms with Gasteiger partial charge in [-0.25, -0.2) is 4.39 Å². The fourth-order valence-electron chi connectivity index (χ4n) is 1.09. The maximum absolute atomic E-state index is 13.3. The molecule has 0 amide bonds. The quantitative estimate of drug-likeness (QED) is 0.697. The van der Waals surface area contributed by atoms with E-state index in [0.29, 0.717) is 5.56 Å². The number of rotatable bonds is 3. The van der Waals surface area contributed by atoms with Crippen molar-refractivity contribution >= 4 is 5.69 Å². The van der Waals surface area contributed by atoms with E-state index in [-0.39, 0.29) is 17.5 Å². The number of nitrogens with zero attached hydrogens (tertiary/aromatic N) is 1. The molecule has 0 N–H and O–H groups in total. The molecule has 0 aliphatic rings. The summed E-state index contributed by atoms with van der Waals surface area (Å²) in [5.41, 5.74) is 0.718. The zero-order chi connectivity index (χ0) is 10.7. The number of hydrogen-bond donors (Lipinski definition) is 0. The van der Waals surface area contributed by atoms with Gasteiger partial charge in [0.1, 0.15) is 5.69 Å². The Morgan fingerprint density at radius 3 is 2.57 bits per heavy atom. The first-order valence-electron chi connectivity index (χ1n) is 4.34. The third-order valence-electron chi connectivity index (χ3n) is 1.71. The monoisotopic (exact) mass is 197 g/mol. The Labute approximate surface area is 81.9 Å². The highest BCUT2D eigenvalue weighted by Crippen LogP contribution is 2.27. The summed E-state index contributed by atoms with van der Waals surface area (Å²) in [5, 5.41) is 2.71. The lowest BCUT2D eigenvalue weighted by Crippen LogP contribution is -2.07. The highest BCUT2D eigenvalue weighted by molar-refractivity contribution is 5.49. The Balaban J connectivity index is 3.08. The van der Waals surface area contributed by atoms with E-state index in [4.69, 9.17) is 4.74 Å². The molecule has 0 radical (unpaired) electrons. The molecule has 0 unspecified atom stereocenters. The summed E-state index contributed by atoms with van der Waals surface area (Å²) in [5.74, 6) is -0.399. The maximum atomic E-state index is 13.3. The van der Waals surface area contributed by atoms with Crippen molar-refractivity contribution in [2.24, 2.45) is 5.18 Å². The van der Waals surface area contributed by atoms with Crippen molar-refractivity contribution in [3.05, 3.63) is 28.4 Å². The second-order valence-electron chi connectivity index (χ2n) is 3.33. The van der Waals surface area contributed by atoms with E-state index >= 15 is 0 Å². The van der Waals surface area contributed by atoms with Crippen LogP contribution in [-0.4, -0.2) is 6.10 Å². The summed E-state index contributed by atoms with van der Waals surface area (Å²) in [7, 11) is 0. The van der Waals surface area contributed by atoms with Gasteiger partial charge < -0.3 is 4.74 Å². The Bertz CT molecular complexity index is 350. The number of halogens is 1. The van der Waals surface area contributed by atoms with E-state index in [1.165, 1.54) is 6.07 Å². The molecule has 0 bridgehead atoms. The molecule has 0 fully saturated rings. The molecule has 3 nitrogen and oxygen atoms in total. The van der Waals surface area contributed by atoms with Crippen LogP contribution in [0.1, 0.15) is 19.4 Å². The molecule has 76 valence electrons. The fourth-order valence-corrected chi connectivity index (χ4v) is 1.09. The summed E-state index contributed by atoms with van der Waals surface area (Å²) < 4.78 is 18.5. The maximum Gasteiger partial charge on any atom is 0.167 e. The number of nitroso groups, excluding NO2 is 1. The first-order valence-corrected chi connectivity index (χ1v) is 4.34. The van der Waals surface area contributed by atoms with Crippen LogP contribution in [0, 0.1) is 17.6 Å². The first kappa shape index (κ1) is 10.6. The lowest BCUT2D eigenvalue weighted by molar-refractivity contribution is 0.231. The summed E-state index contributed by atoms with van der Waals surface area (Å²) in [4.78, 5) is 10.3. The normalized spacial score (nSPS) is 10.4. The predicted molar refractivity (Wildman–Crippen MR) is 52.4 cm³/mol. The Hall–Kier alpha value is -1.45. The summed E-state index contributed by atoms with van der Waals surface area (Å²) in [6.45, 7) is 5.30. The minimum absolute atomic E-state index is 0.0982. The van der Waals surface area contributed by atoms with Crippen LogP contribution < -0.4 is 4.74 Å². The van der Waals surface area contributed by atoms with Gasteiger partial charge in [-0.1, -0.05) is 0 Å². The van der Waals surface area contributed by atoms with Crippen molar-refractivity contribution in [3.63, 3.8) is 0 Å². The topological polar surface area (TPSA) is 38.7 Å². The van der Waals surface area contributed by atoms with Crippen molar-refractivity contribution in [1.82, 2.24) is 0 Å². The summed E-state index contributed by atoms with van der Waals surface area (Å²) >= 11 is 0. The van der Waals surface area contributed by atoms with Gasteiger partial charge in [-0.3, -0.25) is 0 Å². The second kappa shape index (κ2) is 4.17. The minimum atomic E-state index is -0.557. The zero-order valence-corrected chi connectivity index (χ0v) is 8.37. The molecule has 0 saturated carbocycles. The molecule has 1 aromatic carbocycles. The molecule has 0 aromatic heterocycles. The van der Waals surface area contributed by atoms with Crippen LogP contribution in [0.4, 0.5) is 10.1 Å². The van der Waals surface area contributed by atoms with Crippen LogP contribution in [0.25, 0.3) is 0 Å². The van der Waals surface area contributed by atoms with E-state index in [9.17, 15) is 9.30 Å². The Morgan fingerprint density at radius 2 is 2.07 bits per heavy atom. The van der Waals surface area contributed by atoms with Crippen LogP contribution in [0.15, 0.2) is 17.3 Å². The number of hydrogen-bond acceptors (Lipinski definition) is 3. The Morgan fingerprint density at radius 1 is 1.43 bits per heavy atom. The lowest BCUT2D eigenvalue weighted by atomic mass is 10.2. The van der Waals surface area contributed by atoms with Gasteiger partial charge in [-0.15, -0.1) is 4.91 Å². The van der Waals surface area contributed by atoms with Gasteiger partial charge >= 0.3 is 0 Å². The predicted octanol–water partition coefficient (Wildman–Crippen LogP) is 3.32. The molecule has 0 heterocycles. The number of ether oxygens (including phenoxy) is 1. The smallest absolute Gasteiger partial charge is 0.167 e. The van der Waals surface area contributed by atoms with E-state index in [1.54, 1.807) is 20.8 Å². The Kier molecular flexibility index (Phi) is 3.17. The molecule has 4 heteroatoms. The SMILES string of the molecule is Cc1cc(OC(C)C)c(F)cc1N=O. The van der Waals surface area contributed by atoms with Gasteiger partial charge in [0.25, 0.3) is 0 Å². The van der Waals surface area contributed by atoms with E-state index in [0.717, 1.165) is 6.07 Å². The van der Waals surface area contributed by atoms with Gasteiger partial charge in [-0.2, -0.15) is 0 Å². The van der Waals surface area contributed by atoms with Crippen molar-refractivity contribution in [2.45, 2.75) is 26.9 Å². The van der Waals surface area contributed by atoms with Gasteiger partial charge in [-0.05, 0) is 37.6 Å². The zero-order valence-electron chi connectivity index (χ0n) is 8.37. The third-order valence-corrected chi connectivity index (χ3v) is 1.71. The lowest BCUT2D eigenvalue weighted by Gasteiger charge is -2.11. The third kappa shape index (κ3) is 2.28. The molecular weight excluding hydrogens is 185 g/mol. The average molecular weight is 197 g/mol. The van der Waals surface area contributed by atoms with E-state index < -0.39 is 5.82 Å². The first-order chi connectivity index (χ1) is 6.54. The molecule has 1 aromatic rings. The number of benzene rings is 1. The largest absolute Gasteiger partial charge is 0.488 e. The molecule has 0 saturated heterocycles. The molecule has 14 heavy (non-hydrogen) atoms. The van der Waals surface area contributed by atoms with Gasteiger partial charge in [0.15, 0.2) is 11.6 Å². The van der Waals surface area contributed by atoms with Crippen LogP contribution in [0.2, 0.25) is 0 Å². The standard InChI is InChI=1S/C10H12FNO2/c1-6(2)14-10-4-7(3)9(12-13)5-8(10)11/h4-6H,1-3H3. The van der Waals surface area contributed by atoms with E-state index in [1.807, 2.05) is 0 Å². The molecule has 0 atom stereocenters. The van der Waals surface area contributed by atoms with Gasteiger partial charge in [0.2, 0.25) is 0 Å². The average Bonchev–Trinajstić information content (AvgIpc) is 2.10. The van der Waals surface area contributed by atoms with Crippen LogP contribution in [-0.2, 0) is 0 Å². The second-order valence-corrected chi connectivity index (χ2v) is 3.33. The minimum Gasteiger partial charge on any atom is -0.488 e. The summed E-state index contributed by atoms with van der Waals surface area (Å²) in [6.07, 6.45) is -0.0982. The van der Waals surface area contributed by atoms with Gasteiger partial charge in [0.05, 0.1) is 6.10 Å². The summed E-state index contributed by atoms with van der Waals surface area (Å²) in [6, 6.07) is 2.56. The number of aryl methyl sites for hydroxylation is 1. The molecular formula is C10H12FNO2. The van der Waals surface area contributed by atoms with Crippen LogP contribution >= 0.6 is 0 Å². The molecule has 0 aliphatic carbocycles. The van der Waals surface area contributed by atoms with E-state index in [2.05, 4.69) is 5.18 Å². The fraction of sp³-hybridized carbons (Fsp3) is 0.400. The van der Waals surface area contributed by atoms with Crippen LogP contribution in [0.3, 0.4) is 0 Å². The molecule has 0 spiro atoms. The van der Waals surface area contributed by atoms with Crippen molar-refractivity contribution < 1.29 is 9.13 Å². The van der Waals surface area contributed by atoms with Crippen molar-refractivity contribution in [3.8, 4) is 5.75 Å². The van der Waals surface area contributed by atoms with Gasteiger partial charge in [0, 0.05) is 6.07 Å². The highest BCUT2D eigenvalue weighted by Gasteiger charge is 2.09. The van der Waals surface area contributed by atoms with Crippen molar-refractivity contribution in [1.29, 1.82) is 0 Å².